The van der Waals surface area contributed by atoms with Crippen molar-refractivity contribution in [2.75, 3.05) is 33.1 Å². The van der Waals surface area contributed by atoms with Crippen LogP contribution in [0.25, 0.3) is 0 Å². The summed E-state index contributed by atoms with van der Waals surface area (Å²) in [7, 11) is -0.276. The van der Waals surface area contributed by atoms with Crippen molar-refractivity contribution in [3.05, 3.63) is 60.2 Å². The average molecular weight is 913 g/mol. The van der Waals surface area contributed by atoms with E-state index in [2.05, 4.69) is 10.6 Å². The number of carboxylic acid groups (broad SMARTS) is 1. The van der Waals surface area contributed by atoms with E-state index in [1.807, 2.05) is 18.6 Å². The molecule has 1 fully saturated rings. The zero-order valence-electron chi connectivity index (χ0n) is 36.6. The Morgan fingerprint density at radius 1 is 0.921 bits per heavy atom. The molecule has 0 bridgehead atoms. The maximum Gasteiger partial charge on any atom is 0.471 e. The molecule has 0 spiro atoms. The first-order valence-corrected chi connectivity index (χ1v) is 22.0. The highest BCUT2D eigenvalue weighted by Crippen LogP contribution is 2.30. The maximum atomic E-state index is 14.2. The lowest BCUT2D eigenvalue weighted by Gasteiger charge is -2.40. The first-order chi connectivity index (χ1) is 29.5. The molecule has 8 atom stereocenters. The largest absolute Gasteiger partial charge is 0.471 e. The van der Waals surface area contributed by atoms with E-state index in [0.717, 1.165) is 24.3 Å². The number of benzene rings is 2. The number of methoxy groups -OCH3 is 2. The van der Waals surface area contributed by atoms with Gasteiger partial charge >= 0.3 is 18.2 Å². The van der Waals surface area contributed by atoms with Crippen LogP contribution in [-0.4, -0.2) is 129 Å². The number of sulfonamides is 1. The number of amides is 6. The standard InChI is InChI=1S/C42H59F3N6O11S/c1-9-25(4)35(50(6)39(55)34(24(2)3)48-41(57)58)32(61-7)23-33(52)51-21-13-16-31(51)36(62-8)26(5)37(53)47-30(22-27-14-11-10-12-15-27)38(54)49-63(59,60)29-19-17-28(18-20-29)46-40(56)42(43,44)45/h10-12,14-15,17-20,24-26,30-32,34-36,48H,9,13,16,21-23H2,1-8H3,(H,46,56)(H,47,53)(H,49,54)(H,57,58)/t25-,26+,30-,31-,32-,34-,35-,36+/m0/s1. The van der Waals surface area contributed by atoms with Crippen molar-refractivity contribution in [3.8, 4) is 0 Å². The Balaban J connectivity index is 1.82. The lowest BCUT2D eigenvalue weighted by molar-refractivity contribution is -0.167. The van der Waals surface area contributed by atoms with Gasteiger partial charge in [-0.15, -0.1) is 0 Å². The average Bonchev–Trinajstić information content (AvgIpc) is 3.71. The van der Waals surface area contributed by atoms with Crippen LogP contribution in [0.1, 0.15) is 65.9 Å². The number of hydrogen-bond donors (Lipinski definition) is 5. The quantitative estimate of drug-likeness (QED) is 0.121. The number of nitrogens with one attached hydrogen (secondary N) is 4. The molecule has 0 radical (unpaired) electrons. The van der Waals surface area contributed by atoms with Gasteiger partial charge in [0.05, 0.1) is 41.5 Å². The summed E-state index contributed by atoms with van der Waals surface area (Å²) in [5, 5.41) is 15.9. The van der Waals surface area contributed by atoms with Crippen LogP contribution in [0.2, 0.25) is 0 Å². The summed E-state index contributed by atoms with van der Waals surface area (Å²) in [6.07, 6.45) is -6.91. The van der Waals surface area contributed by atoms with Crippen LogP contribution in [0.5, 0.6) is 0 Å². The molecular weight excluding hydrogens is 854 g/mol. The second-order valence-electron chi connectivity index (χ2n) is 16.0. The van der Waals surface area contributed by atoms with Crippen LogP contribution >= 0.6 is 0 Å². The molecular formula is C42H59F3N6O11S. The molecule has 63 heavy (non-hydrogen) atoms. The first kappa shape index (κ1) is 52.1. The van der Waals surface area contributed by atoms with Crippen LogP contribution in [0.4, 0.5) is 23.7 Å². The Morgan fingerprint density at radius 3 is 2.06 bits per heavy atom. The van der Waals surface area contributed by atoms with Crippen molar-refractivity contribution >= 4 is 51.3 Å². The minimum absolute atomic E-state index is 0.147. The zero-order valence-corrected chi connectivity index (χ0v) is 37.4. The van der Waals surface area contributed by atoms with E-state index in [1.165, 1.54) is 19.1 Å². The summed E-state index contributed by atoms with van der Waals surface area (Å²) in [5.74, 6) is -6.43. The number of rotatable bonds is 21. The smallest absolute Gasteiger partial charge is 0.465 e. The molecule has 2 aromatic rings. The summed E-state index contributed by atoms with van der Waals surface area (Å²) >= 11 is 0. The predicted molar refractivity (Wildman–Crippen MR) is 224 cm³/mol. The fraction of sp³-hybridized carbons (Fsp3) is 0.571. The van der Waals surface area contributed by atoms with Crippen LogP contribution in [0, 0.1) is 17.8 Å². The molecule has 6 amide bonds. The number of ether oxygens (including phenoxy) is 2. The molecule has 2 aromatic carbocycles. The van der Waals surface area contributed by atoms with Gasteiger partial charge < -0.3 is 40.3 Å². The van der Waals surface area contributed by atoms with Crippen molar-refractivity contribution in [1.29, 1.82) is 0 Å². The summed E-state index contributed by atoms with van der Waals surface area (Å²) in [6.45, 7) is 9.13. The Kier molecular flexibility index (Phi) is 18.9. The molecule has 3 rings (SSSR count). The summed E-state index contributed by atoms with van der Waals surface area (Å²) < 4.78 is 78.3. The lowest BCUT2D eigenvalue weighted by atomic mass is 9.89. The molecule has 0 saturated carbocycles. The second kappa shape index (κ2) is 22.9. The van der Waals surface area contributed by atoms with E-state index in [0.29, 0.717) is 31.4 Å². The number of carbonyl (C=O) groups is 6. The third-order valence-corrected chi connectivity index (χ3v) is 12.7. The van der Waals surface area contributed by atoms with Crippen LogP contribution in [0.15, 0.2) is 59.5 Å². The number of nitrogens with zero attached hydrogens (tertiary/aromatic N) is 2. The number of likely N-dealkylation sites (tertiary alicyclic amines) is 1. The highest BCUT2D eigenvalue weighted by Gasteiger charge is 2.44. The monoisotopic (exact) mass is 912 g/mol. The summed E-state index contributed by atoms with van der Waals surface area (Å²) in [4.78, 5) is 80.9. The van der Waals surface area contributed by atoms with E-state index in [-0.39, 0.29) is 36.3 Å². The van der Waals surface area contributed by atoms with Gasteiger partial charge in [0, 0.05) is 39.9 Å². The van der Waals surface area contributed by atoms with Crippen molar-refractivity contribution in [2.24, 2.45) is 17.8 Å². The SMILES string of the molecule is CC[C@H](C)[C@@H]([C@H](CC(=O)N1CCC[C@H]1[C@H](OC)[C@@H](C)C(=O)N[C@@H](Cc1ccccc1)C(=O)NS(=O)(=O)c1ccc(NC(=O)C(F)(F)F)cc1)OC)N(C)C(=O)[C@@H](NC(=O)O)C(C)C. The summed E-state index contributed by atoms with van der Waals surface area (Å²) in [6, 6.07) is 8.31. The van der Waals surface area contributed by atoms with E-state index >= 15 is 0 Å². The van der Waals surface area contributed by atoms with Gasteiger partial charge in [0.25, 0.3) is 15.9 Å². The first-order valence-electron chi connectivity index (χ1n) is 20.5. The van der Waals surface area contributed by atoms with E-state index in [1.54, 1.807) is 68.4 Å². The lowest BCUT2D eigenvalue weighted by Crippen LogP contribution is -2.57. The topological polar surface area (TPSA) is 230 Å². The zero-order chi connectivity index (χ0) is 47.4. The Labute approximate surface area is 365 Å². The van der Waals surface area contributed by atoms with Gasteiger partial charge in [0.2, 0.25) is 17.7 Å². The maximum absolute atomic E-state index is 14.2. The molecule has 1 saturated heterocycles. The number of likely N-dealkylation sites (N-methyl/N-ethyl adjacent to an activating group) is 1. The molecule has 1 aliphatic rings. The molecule has 0 unspecified atom stereocenters. The molecule has 5 N–H and O–H groups in total. The molecule has 1 heterocycles. The second-order valence-corrected chi connectivity index (χ2v) is 17.6. The molecule has 0 aromatic heterocycles. The summed E-state index contributed by atoms with van der Waals surface area (Å²) in [5.41, 5.74) is 0.221. The van der Waals surface area contributed by atoms with Crippen LogP contribution in [-0.2, 0) is 49.9 Å². The number of hydrogen-bond acceptors (Lipinski definition) is 10. The van der Waals surface area contributed by atoms with Gasteiger partial charge in [-0.2, -0.15) is 13.2 Å². The highest BCUT2D eigenvalue weighted by atomic mass is 32.2. The number of anilines is 1. The van der Waals surface area contributed by atoms with Crippen LogP contribution < -0.4 is 20.7 Å². The Hall–Kier alpha value is -5.28. The van der Waals surface area contributed by atoms with Crippen LogP contribution in [0.3, 0.4) is 0 Å². The minimum atomic E-state index is -5.18. The number of halogens is 3. The third-order valence-electron chi connectivity index (χ3n) is 11.3. The molecule has 350 valence electrons. The normalized spacial score (nSPS) is 17.7. The van der Waals surface area contributed by atoms with Crippen molar-refractivity contribution in [2.45, 2.75) is 114 Å². The van der Waals surface area contributed by atoms with Gasteiger partial charge in [-0.1, -0.05) is 71.4 Å². The van der Waals surface area contributed by atoms with E-state index < -0.39 is 93.1 Å². The molecule has 1 aliphatic heterocycles. The van der Waals surface area contributed by atoms with Gasteiger partial charge in [-0.3, -0.25) is 24.0 Å². The van der Waals surface area contributed by atoms with Crippen molar-refractivity contribution < 1.29 is 64.9 Å². The van der Waals surface area contributed by atoms with Crippen molar-refractivity contribution in [1.82, 2.24) is 25.2 Å². The highest BCUT2D eigenvalue weighted by molar-refractivity contribution is 7.90. The predicted octanol–water partition coefficient (Wildman–Crippen LogP) is 3.93. The van der Waals surface area contributed by atoms with Crippen molar-refractivity contribution in [3.63, 3.8) is 0 Å². The molecule has 21 heteroatoms. The van der Waals surface area contributed by atoms with Gasteiger partial charge in [-0.25, -0.2) is 17.9 Å². The fourth-order valence-electron chi connectivity index (χ4n) is 7.72. The Bertz CT molecular complexity index is 2010. The minimum Gasteiger partial charge on any atom is -0.465 e. The van der Waals surface area contributed by atoms with E-state index in [4.69, 9.17) is 9.47 Å². The number of carbonyl (C=O) groups excluding carboxylic acids is 5. The fourth-order valence-corrected chi connectivity index (χ4v) is 8.74. The number of alkyl halides is 3. The van der Waals surface area contributed by atoms with Gasteiger partial charge in [0.15, 0.2) is 0 Å². The molecule has 0 aliphatic carbocycles. The van der Waals surface area contributed by atoms with Gasteiger partial charge in [-0.05, 0) is 54.5 Å². The molecule has 17 nitrogen and oxygen atoms in total. The van der Waals surface area contributed by atoms with E-state index in [9.17, 15) is 55.5 Å². The third kappa shape index (κ3) is 14.1. The van der Waals surface area contributed by atoms with Gasteiger partial charge in [0.1, 0.15) is 12.1 Å². The Morgan fingerprint density at radius 2 is 1.54 bits per heavy atom.